The monoisotopic (exact) mass is 757 g/mol. The van der Waals surface area contributed by atoms with Crippen molar-refractivity contribution in [3.05, 3.63) is 188 Å². The summed E-state index contributed by atoms with van der Waals surface area (Å²) in [4.78, 5) is 0. The molecule has 0 aliphatic carbocycles. The summed E-state index contributed by atoms with van der Waals surface area (Å²) in [6, 6.07) is 67.9. The van der Waals surface area contributed by atoms with Crippen LogP contribution in [0, 0.1) is 0 Å². The van der Waals surface area contributed by atoms with E-state index < -0.39 is 0 Å². The minimum atomic E-state index is 0.874. The molecule has 0 saturated carbocycles. The van der Waals surface area contributed by atoms with Crippen LogP contribution in [0.25, 0.3) is 125 Å². The van der Waals surface area contributed by atoms with Gasteiger partial charge in [0.1, 0.15) is 22.3 Å². The number of hydrogen-bond acceptors (Lipinski definition) is 3. The lowest BCUT2D eigenvalue weighted by Crippen LogP contribution is -1.95. The summed E-state index contributed by atoms with van der Waals surface area (Å²) in [5.74, 6) is 0. The summed E-state index contributed by atoms with van der Waals surface area (Å²) in [7, 11) is 0. The van der Waals surface area contributed by atoms with Gasteiger partial charge in [-0.05, 0) is 100 Å². The first kappa shape index (κ1) is 31.8. The highest BCUT2D eigenvalue weighted by Crippen LogP contribution is 2.47. The van der Waals surface area contributed by atoms with Crippen molar-refractivity contribution in [2.24, 2.45) is 0 Å². The van der Waals surface area contributed by atoms with Crippen molar-refractivity contribution in [3.8, 4) is 39.1 Å². The van der Waals surface area contributed by atoms with Gasteiger partial charge in [-0.3, -0.25) is 0 Å². The quantitative estimate of drug-likeness (QED) is 0.179. The van der Waals surface area contributed by atoms with Crippen LogP contribution in [0.15, 0.2) is 197 Å². The zero-order valence-electron chi connectivity index (χ0n) is 31.1. The zero-order valence-corrected chi connectivity index (χ0v) is 31.9. The third-order valence-corrected chi connectivity index (χ3v) is 13.1. The highest BCUT2D eigenvalue weighted by atomic mass is 32.1. The molecule has 9 aromatic carbocycles. The van der Waals surface area contributed by atoms with Crippen molar-refractivity contribution in [1.82, 2.24) is 4.57 Å². The largest absolute Gasteiger partial charge is 0.456 e. The van der Waals surface area contributed by atoms with Crippen molar-refractivity contribution in [2.75, 3.05) is 0 Å². The van der Waals surface area contributed by atoms with Crippen LogP contribution in [0.4, 0.5) is 0 Å². The standard InChI is InChI=1S/C54H31NO2S/c1-2-11-32(12-3-1)33-23-26-51-44(29-33)54-39(16-10-20-52(54)58-51)43-30-36(31-50-53(43)40-15-6-9-19-48(40)57-50)55-45-17-7-4-13-37(45)41-27-34(21-24-46(41)55)35-22-25-49-42(28-35)38-14-5-8-18-47(38)56-49/h1-31H. The van der Waals surface area contributed by atoms with E-state index in [1.165, 1.54) is 53.2 Å². The average Bonchev–Trinajstić information content (AvgIpc) is 4.04. The number of nitrogens with zero attached hydrogens (tertiary/aromatic N) is 1. The van der Waals surface area contributed by atoms with Gasteiger partial charge < -0.3 is 13.4 Å². The molecule has 0 bridgehead atoms. The van der Waals surface area contributed by atoms with E-state index in [-0.39, 0.29) is 0 Å². The lowest BCUT2D eigenvalue weighted by atomic mass is 9.94. The van der Waals surface area contributed by atoms with Crippen LogP contribution in [0.2, 0.25) is 0 Å². The first-order chi connectivity index (χ1) is 28.7. The molecule has 3 nitrogen and oxygen atoms in total. The van der Waals surface area contributed by atoms with Gasteiger partial charge in [0, 0.05) is 58.6 Å². The number of thiophene rings is 1. The van der Waals surface area contributed by atoms with Crippen LogP contribution in [0.3, 0.4) is 0 Å². The molecule has 13 rings (SSSR count). The van der Waals surface area contributed by atoms with E-state index in [1.54, 1.807) is 0 Å². The Labute approximate surface area is 336 Å². The van der Waals surface area contributed by atoms with Gasteiger partial charge >= 0.3 is 0 Å². The van der Waals surface area contributed by atoms with E-state index >= 15 is 0 Å². The van der Waals surface area contributed by atoms with E-state index in [9.17, 15) is 0 Å². The Bertz CT molecular complexity index is 3800. The second kappa shape index (κ2) is 12.1. The van der Waals surface area contributed by atoms with E-state index in [1.807, 2.05) is 23.5 Å². The fourth-order valence-electron chi connectivity index (χ4n) is 9.38. The Morgan fingerprint density at radius 1 is 0.328 bits per heavy atom. The lowest BCUT2D eigenvalue weighted by molar-refractivity contribution is 0.668. The maximum Gasteiger partial charge on any atom is 0.138 e. The van der Waals surface area contributed by atoms with Crippen LogP contribution >= 0.6 is 11.3 Å². The first-order valence-corrected chi connectivity index (χ1v) is 20.5. The van der Waals surface area contributed by atoms with Gasteiger partial charge in [-0.25, -0.2) is 0 Å². The van der Waals surface area contributed by atoms with E-state index in [4.69, 9.17) is 8.83 Å². The molecule has 0 aliphatic rings. The average molecular weight is 758 g/mol. The summed E-state index contributed by atoms with van der Waals surface area (Å²) >= 11 is 1.86. The summed E-state index contributed by atoms with van der Waals surface area (Å²) in [6.45, 7) is 0. The molecule has 58 heavy (non-hydrogen) atoms. The molecule has 270 valence electrons. The molecule has 4 heterocycles. The van der Waals surface area contributed by atoms with Gasteiger partial charge in [0.2, 0.25) is 0 Å². The number of benzene rings is 9. The second-order valence-electron chi connectivity index (χ2n) is 15.2. The molecule has 0 unspecified atom stereocenters. The minimum Gasteiger partial charge on any atom is -0.456 e. The van der Waals surface area contributed by atoms with Crippen LogP contribution in [-0.4, -0.2) is 4.57 Å². The molecule has 13 aromatic rings. The van der Waals surface area contributed by atoms with Gasteiger partial charge in [0.05, 0.1) is 16.7 Å². The van der Waals surface area contributed by atoms with Crippen molar-refractivity contribution in [2.45, 2.75) is 0 Å². The molecule has 0 atom stereocenters. The molecular formula is C54H31NO2S. The number of para-hydroxylation sites is 3. The molecule has 0 amide bonds. The van der Waals surface area contributed by atoms with Crippen LogP contribution in [0.5, 0.6) is 0 Å². The maximum absolute atomic E-state index is 6.75. The second-order valence-corrected chi connectivity index (χ2v) is 16.3. The Morgan fingerprint density at radius 2 is 0.966 bits per heavy atom. The predicted octanol–water partition coefficient (Wildman–Crippen LogP) is 16.0. The number of rotatable bonds is 4. The van der Waals surface area contributed by atoms with Crippen molar-refractivity contribution in [1.29, 1.82) is 0 Å². The van der Waals surface area contributed by atoms with E-state index in [2.05, 4.69) is 180 Å². The third kappa shape index (κ3) is 4.61. The molecule has 0 saturated heterocycles. The highest BCUT2D eigenvalue weighted by Gasteiger charge is 2.21. The van der Waals surface area contributed by atoms with Crippen molar-refractivity contribution in [3.63, 3.8) is 0 Å². The van der Waals surface area contributed by atoms with Crippen molar-refractivity contribution >= 4 is 97.2 Å². The van der Waals surface area contributed by atoms with Crippen LogP contribution in [-0.2, 0) is 0 Å². The predicted molar refractivity (Wildman–Crippen MR) is 245 cm³/mol. The summed E-state index contributed by atoms with van der Waals surface area (Å²) < 4.78 is 17.9. The molecule has 4 heteroatoms. The highest BCUT2D eigenvalue weighted by molar-refractivity contribution is 7.26. The zero-order chi connectivity index (χ0) is 37.9. The molecule has 0 radical (unpaired) electrons. The minimum absolute atomic E-state index is 0.874. The Balaban J connectivity index is 1.06. The molecule has 0 N–H and O–H groups in total. The smallest absolute Gasteiger partial charge is 0.138 e. The van der Waals surface area contributed by atoms with Gasteiger partial charge in [-0.1, -0.05) is 115 Å². The van der Waals surface area contributed by atoms with Gasteiger partial charge in [-0.15, -0.1) is 11.3 Å². The van der Waals surface area contributed by atoms with Crippen LogP contribution < -0.4 is 0 Å². The van der Waals surface area contributed by atoms with Gasteiger partial charge in [0.25, 0.3) is 0 Å². The molecule has 0 spiro atoms. The maximum atomic E-state index is 6.75. The fraction of sp³-hybridized carbons (Fsp3) is 0. The third-order valence-electron chi connectivity index (χ3n) is 12.0. The fourth-order valence-corrected chi connectivity index (χ4v) is 10.5. The van der Waals surface area contributed by atoms with Gasteiger partial charge in [0.15, 0.2) is 0 Å². The summed E-state index contributed by atoms with van der Waals surface area (Å²) in [5, 5.41) is 9.48. The van der Waals surface area contributed by atoms with E-state index in [0.29, 0.717) is 0 Å². The molecule has 0 fully saturated rings. The van der Waals surface area contributed by atoms with Gasteiger partial charge in [-0.2, -0.15) is 0 Å². The molecule has 4 aromatic heterocycles. The number of aromatic nitrogens is 1. The Morgan fingerprint density at radius 3 is 1.84 bits per heavy atom. The Kier molecular flexibility index (Phi) is 6.60. The first-order valence-electron chi connectivity index (χ1n) is 19.7. The summed E-state index contributed by atoms with van der Waals surface area (Å²) in [5.41, 5.74) is 14.1. The SMILES string of the molecule is c1ccc(-c2ccc3sc4cccc(-c5cc(-n6c7ccccc7c7cc(-c8ccc9oc%10ccccc%10c9c8)ccc76)cc6oc7ccccc7c56)c4c3c2)cc1. The lowest BCUT2D eigenvalue weighted by Gasteiger charge is -2.13. The normalized spacial score (nSPS) is 12.1. The van der Waals surface area contributed by atoms with Crippen molar-refractivity contribution < 1.29 is 8.83 Å². The van der Waals surface area contributed by atoms with E-state index in [0.717, 1.165) is 71.7 Å². The van der Waals surface area contributed by atoms with Crippen LogP contribution in [0.1, 0.15) is 0 Å². The molecular weight excluding hydrogens is 727 g/mol. The summed E-state index contributed by atoms with van der Waals surface area (Å²) in [6.07, 6.45) is 0. The topological polar surface area (TPSA) is 31.2 Å². The number of hydrogen-bond donors (Lipinski definition) is 0. The number of furan rings is 2. The molecule has 0 aliphatic heterocycles. The number of fused-ring (bicyclic) bond motifs is 12. The Hall–Kier alpha value is -7.40.